The smallest absolute Gasteiger partial charge is 0.0803 e. The normalized spacial score (nSPS) is 16.8. The van der Waals surface area contributed by atoms with Gasteiger partial charge >= 0.3 is 0 Å². The van der Waals surface area contributed by atoms with Crippen molar-refractivity contribution in [3.05, 3.63) is 20.8 Å². The number of halogens is 1. The van der Waals surface area contributed by atoms with Crippen molar-refractivity contribution in [3.63, 3.8) is 0 Å². The average molecular weight is 320 g/mol. The Hall–Kier alpha value is 0.1000. The van der Waals surface area contributed by atoms with Crippen LogP contribution >= 0.6 is 27.3 Å². The maximum Gasteiger partial charge on any atom is 0.0803 e. The van der Waals surface area contributed by atoms with E-state index >= 15 is 0 Å². The SMILES string of the molecule is CCNC(Cc1ccc(Br)s1)C(C)(CC)OC. The van der Waals surface area contributed by atoms with Crippen molar-refractivity contribution in [2.45, 2.75) is 45.3 Å². The number of methoxy groups -OCH3 is 1. The molecule has 0 spiro atoms. The van der Waals surface area contributed by atoms with Crippen LogP contribution in [0.15, 0.2) is 15.9 Å². The fraction of sp³-hybridized carbons (Fsp3) is 0.692. The van der Waals surface area contributed by atoms with E-state index in [-0.39, 0.29) is 5.60 Å². The third-order valence-corrected chi connectivity index (χ3v) is 5.04. The summed E-state index contributed by atoms with van der Waals surface area (Å²) in [6.45, 7) is 7.47. The molecule has 2 atom stereocenters. The van der Waals surface area contributed by atoms with Crippen LogP contribution in [0, 0.1) is 0 Å². The van der Waals surface area contributed by atoms with Crippen LogP contribution in [0.25, 0.3) is 0 Å². The maximum atomic E-state index is 5.71. The highest BCUT2D eigenvalue weighted by atomic mass is 79.9. The van der Waals surface area contributed by atoms with Crippen molar-refractivity contribution >= 4 is 27.3 Å². The quantitative estimate of drug-likeness (QED) is 0.824. The van der Waals surface area contributed by atoms with E-state index in [1.54, 1.807) is 18.4 Å². The topological polar surface area (TPSA) is 21.3 Å². The zero-order valence-electron chi connectivity index (χ0n) is 11.0. The third kappa shape index (κ3) is 4.05. The van der Waals surface area contributed by atoms with Crippen LogP contribution in [0.5, 0.6) is 0 Å². The van der Waals surface area contributed by atoms with Crippen molar-refractivity contribution in [1.29, 1.82) is 0 Å². The molecule has 1 rings (SSSR count). The Balaban J connectivity index is 2.78. The number of ether oxygens (including phenoxy) is 1. The van der Waals surface area contributed by atoms with Gasteiger partial charge in [0.25, 0.3) is 0 Å². The van der Waals surface area contributed by atoms with Crippen LogP contribution in [-0.2, 0) is 11.2 Å². The van der Waals surface area contributed by atoms with E-state index in [1.807, 2.05) is 0 Å². The van der Waals surface area contributed by atoms with Crippen LogP contribution in [0.4, 0.5) is 0 Å². The number of rotatable bonds is 7. The minimum absolute atomic E-state index is 0.105. The molecule has 0 aliphatic heterocycles. The summed E-state index contributed by atoms with van der Waals surface area (Å²) in [6, 6.07) is 4.65. The number of likely N-dealkylation sites (N-methyl/N-ethyl adjacent to an activating group) is 1. The van der Waals surface area contributed by atoms with E-state index in [0.717, 1.165) is 19.4 Å². The number of hydrogen-bond acceptors (Lipinski definition) is 3. The molecule has 0 aliphatic carbocycles. The summed E-state index contributed by atoms with van der Waals surface area (Å²) in [5, 5.41) is 3.55. The van der Waals surface area contributed by atoms with E-state index in [4.69, 9.17) is 4.74 Å². The fourth-order valence-electron chi connectivity index (χ4n) is 1.95. The molecule has 4 heteroatoms. The molecule has 0 aliphatic rings. The average Bonchev–Trinajstić information content (AvgIpc) is 2.73. The van der Waals surface area contributed by atoms with Gasteiger partial charge in [0.1, 0.15) is 0 Å². The zero-order chi connectivity index (χ0) is 12.9. The standard InChI is InChI=1S/C13H22BrNOS/c1-5-13(3,16-4)11(15-6-2)9-10-7-8-12(14)17-10/h7-8,11,15H,5-6,9H2,1-4H3. The highest BCUT2D eigenvalue weighted by molar-refractivity contribution is 9.11. The first kappa shape index (κ1) is 15.2. The summed E-state index contributed by atoms with van der Waals surface area (Å²) >= 11 is 5.31. The molecule has 2 unspecified atom stereocenters. The summed E-state index contributed by atoms with van der Waals surface area (Å²) in [5.74, 6) is 0. The van der Waals surface area contributed by atoms with E-state index in [0.29, 0.717) is 6.04 Å². The van der Waals surface area contributed by atoms with Gasteiger partial charge in [0.15, 0.2) is 0 Å². The first-order valence-electron chi connectivity index (χ1n) is 6.08. The van der Waals surface area contributed by atoms with E-state index in [2.05, 4.69) is 54.2 Å². The van der Waals surface area contributed by atoms with Gasteiger partial charge in [-0.3, -0.25) is 0 Å². The van der Waals surface area contributed by atoms with Gasteiger partial charge in [-0.05, 0) is 54.4 Å². The van der Waals surface area contributed by atoms with Gasteiger partial charge in [-0.25, -0.2) is 0 Å². The molecule has 0 fully saturated rings. The van der Waals surface area contributed by atoms with Crippen molar-refractivity contribution in [1.82, 2.24) is 5.32 Å². The maximum absolute atomic E-state index is 5.71. The van der Waals surface area contributed by atoms with E-state index in [9.17, 15) is 0 Å². The first-order valence-corrected chi connectivity index (χ1v) is 7.69. The molecule has 2 nitrogen and oxygen atoms in total. The summed E-state index contributed by atoms with van der Waals surface area (Å²) in [5.41, 5.74) is -0.105. The summed E-state index contributed by atoms with van der Waals surface area (Å²) in [7, 11) is 1.80. The lowest BCUT2D eigenvalue weighted by atomic mass is 9.90. The van der Waals surface area contributed by atoms with Crippen LogP contribution < -0.4 is 5.32 Å². The zero-order valence-corrected chi connectivity index (χ0v) is 13.5. The van der Waals surface area contributed by atoms with Gasteiger partial charge in [0, 0.05) is 18.0 Å². The highest BCUT2D eigenvalue weighted by Gasteiger charge is 2.32. The molecule has 0 radical (unpaired) electrons. The van der Waals surface area contributed by atoms with E-state index < -0.39 is 0 Å². The second-order valence-electron chi connectivity index (χ2n) is 4.39. The Morgan fingerprint density at radius 1 is 1.47 bits per heavy atom. The summed E-state index contributed by atoms with van der Waals surface area (Å²) in [4.78, 5) is 1.39. The third-order valence-electron chi connectivity index (χ3n) is 3.39. The predicted octanol–water partition coefficient (Wildman–Crippen LogP) is 3.85. The van der Waals surface area contributed by atoms with Gasteiger partial charge in [-0.2, -0.15) is 0 Å². The molecule has 0 amide bonds. The highest BCUT2D eigenvalue weighted by Crippen LogP contribution is 2.27. The largest absolute Gasteiger partial charge is 0.377 e. The monoisotopic (exact) mass is 319 g/mol. The Bertz CT molecular complexity index is 336. The lowest BCUT2D eigenvalue weighted by molar-refractivity contribution is -0.0281. The number of thiophene rings is 1. The van der Waals surface area contributed by atoms with Gasteiger partial charge in [-0.1, -0.05) is 13.8 Å². The van der Waals surface area contributed by atoms with Crippen molar-refractivity contribution in [2.24, 2.45) is 0 Å². The molecular weight excluding hydrogens is 298 g/mol. The van der Waals surface area contributed by atoms with Crippen LogP contribution in [-0.4, -0.2) is 25.3 Å². The predicted molar refractivity (Wildman–Crippen MR) is 78.9 cm³/mol. The van der Waals surface area contributed by atoms with Crippen LogP contribution in [0.2, 0.25) is 0 Å². The molecule has 17 heavy (non-hydrogen) atoms. The Kier molecular flexibility index (Phi) is 6.13. The minimum Gasteiger partial charge on any atom is -0.377 e. The summed E-state index contributed by atoms with van der Waals surface area (Å²) < 4.78 is 6.90. The molecule has 1 aromatic rings. The van der Waals surface area contributed by atoms with Gasteiger partial charge in [0.05, 0.1) is 9.39 Å². The van der Waals surface area contributed by atoms with Gasteiger partial charge < -0.3 is 10.1 Å². The Morgan fingerprint density at radius 2 is 2.18 bits per heavy atom. The fourth-order valence-corrected chi connectivity index (χ4v) is 3.47. The molecule has 0 aromatic carbocycles. The molecule has 1 aromatic heterocycles. The molecule has 98 valence electrons. The second-order valence-corrected chi connectivity index (χ2v) is 6.94. The van der Waals surface area contributed by atoms with Crippen LogP contribution in [0.3, 0.4) is 0 Å². The number of hydrogen-bond donors (Lipinski definition) is 1. The van der Waals surface area contributed by atoms with E-state index in [1.165, 1.54) is 8.66 Å². The lowest BCUT2D eigenvalue weighted by Gasteiger charge is -2.36. The van der Waals surface area contributed by atoms with Crippen molar-refractivity contribution < 1.29 is 4.74 Å². The van der Waals surface area contributed by atoms with Crippen molar-refractivity contribution in [3.8, 4) is 0 Å². The van der Waals surface area contributed by atoms with Crippen molar-refractivity contribution in [2.75, 3.05) is 13.7 Å². The molecule has 1 heterocycles. The number of nitrogens with one attached hydrogen (secondary N) is 1. The second kappa shape index (κ2) is 6.88. The molecule has 0 saturated carbocycles. The Labute approximate surface area is 117 Å². The first-order chi connectivity index (χ1) is 8.05. The van der Waals surface area contributed by atoms with Crippen LogP contribution in [0.1, 0.15) is 32.1 Å². The Morgan fingerprint density at radius 3 is 2.59 bits per heavy atom. The van der Waals surface area contributed by atoms with Gasteiger partial charge in [0.2, 0.25) is 0 Å². The molecule has 1 N–H and O–H groups in total. The lowest BCUT2D eigenvalue weighted by Crippen LogP contribution is -2.50. The van der Waals surface area contributed by atoms with Gasteiger partial charge in [-0.15, -0.1) is 11.3 Å². The molecule has 0 bridgehead atoms. The minimum atomic E-state index is -0.105. The molecular formula is C13H22BrNOS. The summed E-state index contributed by atoms with van der Waals surface area (Å²) in [6.07, 6.45) is 2.02. The molecule has 0 saturated heterocycles.